The van der Waals surface area contributed by atoms with E-state index in [1.807, 2.05) is 37.3 Å². The average molecular weight is 564 g/mol. The number of carbonyl (C=O) groups excluding carboxylic acids is 3. The fourth-order valence-corrected chi connectivity index (χ4v) is 3.64. The lowest BCUT2D eigenvalue weighted by molar-refractivity contribution is -0.145. The molecule has 0 aliphatic rings. The summed E-state index contributed by atoms with van der Waals surface area (Å²) in [6.07, 6.45) is 0.784. The molecular formula is C25H30BrN3O7. The summed E-state index contributed by atoms with van der Waals surface area (Å²) >= 11 is 3.41. The van der Waals surface area contributed by atoms with Crippen molar-refractivity contribution in [1.82, 2.24) is 10.7 Å². The van der Waals surface area contributed by atoms with Gasteiger partial charge in [0.25, 0.3) is 0 Å². The van der Waals surface area contributed by atoms with Gasteiger partial charge in [-0.2, -0.15) is 5.10 Å². The Kier molecular flexibility index (Phi) is 12.3. The molecular weight excluding hydrogens is 534 g/mol. The molecule has 2 N–H and O–H groups in total. The maximum Gasteiger partial charge on any atom is 0.407 e. The number of amides is 2. The SMILES string of the molecule is CCOC(=O)COc1c(Br)cc(/C=N\NC(=O)C[C@H](NC(=O)OCC)c2ccccc2)cc1OCC. The molecule has 0 fully saturated rings. The van der Waals surface area contributed by atoms with Crippen LogP contribution in [0.2, 0.25) is 0 Å². The summed E-state index contributed by atoms with van der Waals surface area (Å²) in [6, 6.07) is 11.9. The van der Waals surface area contributed by atoms with E-state index in [1.165, 1.54) is 6.21 Å². The minimum atomic E-state index is -0.610. The van der Waals surface area contributed by atoms with Crippen LogP contribution in [-0.4, -0.2) is 50.6 Å². The van der Waals surface area contributed by atoms with E-state index < -0.39 is 24.0 Å². The van der Waals surface area contributed by atoms with Gasteiger partial charge < -0.3 is 24.3 Å². The minimum Gasteiger partial charge on any atom is -0.490 e. The Hall–Kier alpha value is -3.60. The largest absolute Gasteiger partial charge is 0.490 e. The van der Waals surface area contributed by atoms with Crippen molar-refractivity contribution < 1.29 is 33.3 Å². The highest BCUT2D eigenvalue weighted by atomic mass is 79.9. The second-order valence-corrected chi connectivity index (χ2v) is 8.04. The van der Waals surface area contributed by atoms with E-state index in [0.29, 0.717) is 28.1 Å². The van der Waals surface area contributed by atoms with Crippen LogP contribution in [0.1, 0.15) is 44.4 Å². The Morgan fingerprint density at radius 3 is 2.39 bits per heavy atom. The zero-order valence-corrected chi connectivity index (χ0v) is 22.0. The number of rotatable bonds is 13. The van der Waals surface area contributed by atoms with E-state index >= 15 is 0 Å². The highest BCUT2D eigenvalue weighted by Gasteiger charge is 2.19. The van der Waals surface area contributed by atoms with Crippen molar-refractivity contribution in [3.63, 3.8) is 0 Å². The maximum atomic E-state index is 12.5. The smallest absolute Gasteiger partial charge is 0.407 e. The van der Waals surface area contributed by atoms with Gasteiger partial charge in [-0.15, -0.1) is 0 Å². The molecule has 2 rings (SSSR count). The van der Waals surface area contributed by atoms with Crippen LogP contribution < -0.4 is 20.2 Å². The van der Waals surface area contributed by atoms with Crippen molar-refractivity contribution >= 4 is 40.1 Å². The number of nitrogens with zero attached hydrogens (tertiary/aromatic N) is 1. The van der Waals surface area contributed by atoms with Crippen LogP contribution in [0.25, 0.3) is 0 Å². The summed E-state index contributed by atoms with van der Waals surface area (Å²) in [5.41, 5.74) is 3.83. The molecule has 0 spiro atoms. The van der Waals surface area contributed by atoms with Gasteiger partial charge in [0.1, 0.15) is 0 Å². The number of esters is 1. The molecule has 194 valence electrons. The van der Waals surface area contributed by atoms with Gasteiger partial charge in [-0.1, -0.05) is 30.3 Å². The molecule has 1 atom stereocenters. The molecule has 0 radical (unpaired) electrons. The molecule has 2 aromatic rings. The van der Waals surface area contributed by atoms with Gasteiger partial charge in [0.2, 0.25) is 5.91 Å². The van der Waals surface area contributed by atoms with E-state index in [-0.39, 0.29) is 26.2 Å². The number of nitrogens with one attached hydrogen (secondary N) is 2. The maximum absolute atomic E-state index is 12.5. The standard InChI is InChI=1S/C25H30BrN3O7/c1-4-33-21-13-17(12-19(26)24(21)36-16-23(31)34-5-2)15-27-29-22(30)14-20(28-25(32)35-6-3)18-10-8-7-9-11-18/h7-13,15,20H,4-6,14,16H2,1-3H3,(H,28,32)(H,29,30)/b27-15-/t20-/m0/s1. The summed E-state index contributed by atoms with van der Waals surface area (Å²) < 4.78 is 21.6. The first-order chi connectivity index (χ1) is 17.4. The molecule has 0 heterocycles. The van der Waals surface area contributed by atoms with Gasteiger partial charge in [0, 0.05) is 0 Å². The van der Waals surface area contributed by atoms with Gasteiger partial charge in [-0.3, -0.25) is 4.79 Å². The monoisotopic (exact) mass is 563 g/mol. The van der Waals surface area contributed by atoms with Gasteiger partial charge in [-0.05, 0) is 60.0 Å². The number of carbonyl (C=O) groups is 3. The van der Waals surface area contributed by atoms with Crippen molar-refractivity contribution in [2.75, 3.05) is 26.4 Å². The summed E-state index contributed by atoms with van der Waals surface area (Å²) in [4.78, 5) is 36.1. The van der Waals surface area contributed by atoms with Gasteiger partial charge in [-0.25, -0.2) is 15.0 Å². The molecule has 0 saturated carbocycles. The highest BCUT2D eigenvalue weighted by Crippen LogP contribution is 2.36. The van der Waals surface area contributed by atoms with Crippen LogP contribution in [0.5, 0.6) is 11.5 Å². The molecule has 0 unspecified atom stereocenters. The lowest BCUT2D eigenvalue weighted by Gasteiger charge is -2.18. The third kappa shape index (κ3) is 9.57. The normalized spacial score (nSPS) is 11.4. The number of benzene rings is 2. The first kappa shape index (κ1) is 28.6. The highest BCUT2D eigenvalue weighted by molar-refractivity contribution is 9.10. The molecule has 0 aliphatic carbocycles. The topological polar surface area (TPSA) is 125 Å². The Labute approximate surface area is 218 Å². The number of hydrogen-bond donors (Lipinski definition) is 2. The van der Waals surface area contributed by atoms with Crippen LogP contribution in [0, 0.1) is 0 Å². The zero-order valence-electron chi connectivity index (χ0n) is 20.4. The lowest BCUT2D eigenvalue weighted by atomic mass is 10.0. The van der Waals surface area contributed by atoms with E-state index in [1.54, 1.807) is 26.0 Å². The van der Waals surface area contributed by atoms with Crippen molar-refractivity contribution in [1.29, 1.82) is 0 Å². The van der Waals surface area contributed by atoms with E-state index in [4.69, 9.17) is 18.9 Å². The van der Waals surface area contributed by atoms with E-state index in [9.17, 15) is 14.4 Å². The zero-order chi connectivity index (χ0) is 26.3. The second kappa shape index (κ2) is 15.4. The number of ether oxygens (including phenoxy) is 4. The Morgan fingerprint density at radius 1 is 1.00 bits per heavy atom. The van der Waals surface area contributed by atoms with Crippen molar-refractivity contribution in [2.24, 2.45) is 5.10 Å². The van der Waals surface area contributed by atoms with Gasteiger partial charge in [0.15, 0.2) is 18.1 Å². The predicted octanol–water partition coefficient (Wildman–Crippen LogP) is 4.12. The molecule has 11 heteroatoms. The fraction of sp³-hybridized carbons (Fsp3) is 0.360. The van der Waals surface area contributed by atoms with Crippen LogP contribution in [0.15, 0.2) is 52.0 Å². The fourth-order valence-electron chi connectivity index (χ4n) is 3.06. The number of halogens is 1. The summed E-state index contributed by atoms with van der Waals surface area (Å²) in [5.74, 6) is -0.157. The number of hydrazone groups is 1. The first-order valence-corrected chi connectivity index (χ1v) is 12.2. The number of alkyl carbamates (subject to hydrolysis) is 1. The van der Waals surface area contributed by atoms with Gasteiger partial charge >= 0.3 is 12.1 Å². The Bertz CT molecular complexity index is 1050. The summed E-state index contributed by atoms with van der Waals surface area (Å²) in [7, 11) is 0. The summed E-state index contributed by atoms with van der Waals surface area (Å²) in [5, 5.41) is 6.71. The molecule has 0 bridgehead atoms. The molecule has 0 saturated heterocycles. The Balaban J connectivity index is 2.07. The van der Waals surface area contributed by atoms with Crippen LogP contribution in [0.3, 0.4) is 0 Å². The molecule has 0 aliphatic heterocycles. The number of hydrogen-bond acceptors (Lipinski definition) is 8. The van der Waals surface area contributed by atoms with Crippen molar-refractivity contribution in [2.45, 2.75) is 33.2 Å². The quantitative estimate of drug-likeness (QED) is 0.213. The predicted molar refractivity (Wildman–Crippen MR) is 137 cm³/mol. The van der Waals surface area contributed by atoms with Crippen LogP contribution in [0.4, 0.5) is 4.79 Å². The second-order valence-electron chi connectivity index (χ2n) is 7.18. The van der Waals surface area contributed by atoms with Gasteiger partial charge in [0.05, 0.1) is 43.0 Å². The molecule has 0 aromatic heterocycles. The molecule has 10 nitrogen and oxygen atoms in total. The van der Waals surface area contributed by atoms with E-state index in [2.05, 4.69) is 31.8 Å². The third-order valence-electron chi connectivity index (χ3n) is 4.53. The van der Waals surface area contributed by atoms with E-state index in [0.717, 1.165) is 5.56 Å². The van der Waals surface area contributed by atoms with Crippen LogP contribution >= 0.6 is 15.9 Å². The molecule has 2 aromatic carbocycles. The lowest BCUT2D eigenvalue weighted by Crippen LogP contribution is -2.33. The Morgan fingerprint density at radius 2 is 1.72 bits per heavy atom. The minimum absolute atomic E-state index is 0.0469. The summed E-state index contributed by atoms with van der Waals surface area (Å²) in [6.45, 7) is 5.81. The average Bonchev–Trinajstić information content (AvgIpc) is 2.84. The molecule has 36 heavy (non-hydrogen) atoms. The van der Waals surface area contributed by atoms with Crippen LogP contribution in [-0.2, 0) is 19.1 Å². The van der Waals surface area contributed by atoms with Crippen molar-refractivity contribution in [3.05, 3.63) is 58.1 Å². The third-order valence-corrected chi connectivity index (χ3v) is 5.12. The first-order valence-electron chi connectivity index (χ1n) is 11.4. The molecule has 2 amide bonds. The van der Waals surface area contributed by atoms with Crippen molar-refractivity contribution in [3.8, 4) is 11.5 Å².